The van der Waals surface area contributed by atoms with Gasteiger partial charge in [0.15, 0.2) is 0 Å². The van der Waals surface area contributed by atoms with Crippen molar-refractivity contribution in [3.8, 4) is 5.75 Å². The number of carbonyl (C=O) groups excluding carboxylic acids is 1. The number of para-hydroxylation sites is 1. The molecule has 5 nitrogen and oxygen atoms in total. The summed E-state index contributed by atoms with van der Waals surface area (Å²) in [5, 5.41) is 11.4. The first-order chi connectivity index (χ1) is 7.76. The normalized spacial score (nSPS) is 11.9. The topological polar surface area (TPSA) is 67.8 Å². The van der Waals surface area contributed by atoms with E-state index in [0.29, 0.717) is 5.75 Å². The summed E-state index contributed by atoms with van der Waals surface area (Å²) in [6.45, 7) is 0.0398. The molecular formula is C11H15NO4. The molecule has 1 rings (SSSR count). The van der Waals surface area contributed by atoms with Gasteiger partial charge >= 0.3 is 6.09 Å². The number of methoxy groups -OCH3 is 1. The van der Waals surface area contributed by atoms with Crippen molar-refractivity contribution in [1.29, 1.82) is 0 Å². The summed E-state index contributed by atoms with van der Waals surface area (Å²) in [7, 11) is 1.49. The van der Waals surface area contributed by atoms with Crippen molar-refractivity contribution in [3.63, 3.8) is 0 Å². The third-order valence-electron chi connectivity index (χ3n) is 1.86. The van der Waals surface area contributed by atoms with E-state index in [4.69, 9.17) is 14.6 Å². The molecule has 0 saturated carbocycles. The summed E-state index contributed by atoms with van der Waals surface area (Å²) >= 11 is 0. The lowest BCUT2D eigenvalue weighted by molar-refractivity contribution is 0.123. The van der Waals surface area contributed by atoms with Gasteiger partial charge in [-0.3, -0.25) is 0 Å². The molecule has 5 heteroatoms. The Morgan fingerprint density at radius 1 is 1.44 bits per heavy atom. The second-order valence-corrected chi connectivity index (χ2v) is 3.18. The van der Waals surface area contributed by atoms with Crippen molar-refractivity contribution in [2.45, 2.75) is 6.04 Å². The SMILES string of the molecule is COCC(CO)NC(=O)Oc1ccccc1. The Labute approximate surface area is 94.0 Å². The third kappa shape index (κ3) is 4.29. The Morgan fingerprint density at radius 3 is 2.69 bits per heavy atom. The Kier molecular flexibility index (Phi) is 5.31. The summed E-state index contributed by atoms with van der Waals surface area (Å²) in [4.78, 5) is 11.4. The van der Waals surface area contributed by atoms with Gasteiger partial charge in [0.25, 0.3) is 0 Å². The molecule has 0 saturated heterocycles. The Bertz CT molecular complexity index is 315. The van der Waals surface area contributed by atoms with Crippen LogP contribution in [0.4, 0.5) is 4.79 Å². The molecule has 0 bridgehead atoms. The van der Waals surface area contributed by atoms with Crippen molar-refractivity contribution < 1.29 is 19.4 Å². The minimum atomic E-state index is -0.609. The van der Waals surface area contributed by atoms with Crippen LogP contribution in [-0.4, -0.2) is 37.6 Å². The number of amides is 1. The maximum Gasteiger partial charge on any atom is 0.412 e. The van der Waals surface area contributed by atoms with E-state index in [9.17, 15) is 4.79 Å². The number of hydrogen-bond acceptors (Lipinski definition) is 4. The van der Waals surface area contributed by atoms with Gasteiger partial charge in [-0.05, 0) is 12.1 Å². The van der Waals surface area contributed by atoms with Crippen LogP contribution in [0.25, 0.3) is 0 Å². The standard InChI is InChI=1S/C11H15NO4/c1-15-8-9(7-13)12-11(14)16-10-5-3-2-4-6-10/h2-6,9,13H,7-8H2,1H3,(H,12,14). The van der Waals surface area contributed by atoms with Crippen molar-refractivity contribution in [2.75, 3.05) is 20.3 Å². The van der Waals surface area contributed by atoms with E-state index in [1.807, 2.05) is 6.07 Å². The fourth-order valence-electron chi connectivity index (χ4n) is 1.13. The van der Waals surface area contributed by atoms with Crippen molar-refractivity contribution in [3.05, 3.63) is 30.3 Å². The highest BCUT2D eigenvalue weighted by Crippen LogP contribution is 2.08. The fourth-order valence-corrected chi connectivity index (χ4v) is 1.13. The second-order valence-electron chi connectivity index (χ2n) is 3.18. The van der Waals surface area contributed by atoms with Crippen molar-refractivity contribution in [2.24, 2.45) is 0 Å². The highest BCUT2D eigenvalue weighted by Gasteiger charge is 2.12. The first kappa shape index (κ1) is 12.5. The molecule has 0 heterocycles. The first-order valence-corrected chi connectivity index (χ1v) is 4.89. The maximum atomic E-state index is 11.4. The number of carbonyl (C=O) groups is 1. The number of nitrogens with one attached hydrogen (secondary N) is 1. The molecule has 1 amide bonds. The van der Waals surface area contributed by atoms with Crippen molar-refractivity contribution in [1.82, 2.24) is 5.32 Å². The van der Waals surface area contributed by atoms with Crippen LogP contribution in [0.2, 0.25) is 0 Å². The van der Waals surface area contributed by atoms with E-state index in [-0.39, 0.29) is 13.2 Å². The molecule has 0 fully saturated rings. The molecular weight excluding hydrogens is 210 g/mol. The number of hydrogen-bond donors (Lipinski definition) is 2. The molecule has 88 valence electrons. The van der Waals surface area contributed by atoms with Crippen LogP contribution in [0.3, 0.4) is 0 Å². The first-order valence-electron chi connectivity index (χ1n) is 4.89. The quantitative estimate of drug-likeness (QED) is 0.777. The Balaban J connectivity index is 2.41. The molecule has 1 aromatic rings. The monoisotopic (exact) mass is 225 g/mol. The lowest BCUT2D eigenvalue weighted by atomic mass is 10.3. The van der Waals surface area contributed by atoms with Gasteiger partial charge in [0.1, 0.15) is 5.75 Å². The van der Waals surface area contributed by atoms with Crippen LogP contribution in [0.15, 0.2) is 30.3 Å². The summed E-state index contributed by atoms with van der Waals surface area (Å²) in [6, 6.07) is 8.24. The minimum absolute atomic E-state index is 0.197. The lowest BCUT2D eigenvalue weighted by Crippen LogP contribution is -2.42. The molecule has 0 aliphatic carbocycles. The number of aliphatic hydroxyl groups is 1. The minimum Gasteiger partial charge on any atom is -0.410 e. The Hall–Kier alpha value is -1.59. The van der Waals surface area contributed by atoms with E-state index in [2.05, 4.69) is 5.32 Å². The van der Waals surface area contributed by atoms with Gasteiger partial charge in [-0.25, -0.2) is 4.79 Å². The highest BCUT2D eigenvalue weighted by atomic mass is 16.6. The summed E-state index contributed by atoms with van der Waals surface area (Å²) < 4.78 is 9.79. The number of ether oxygens (including phenoxy) is 2. The predicted molar refractivity (Wildman–Crippen MR) is 58.4 cm³/mol. The lowest BCUT2D eigenvalue weighted by Gasteiger charge is -2.14. The van der Waals surface area contributed by atoms with Crippen LogP contribution in [-0.2, 0) is 4.74 Å². The predicted octanol–water partition coefficient (Wildman–Crippen LogP) is 0.782. The van der Waals surface area contributed by atoms with E-state index in [1.165, 1.54) is 7.11 Å². The number of benzene rings is 1. The average molecular weight is 225 g/mol. The van der Waals surface area contributed by atoms with E-state index < -0.39 is 12.1 Å². The molecule has 1 unspecified atom stereocenters. The third-order valence-corrected chi connectivity index (χ3v) is 1.86. The summed E-state index contributed by atoms with van der Waals surface area (Å²) in [5.41, 5.74) is 0. The molecule has 2 N–H and O–H groups in total. The van der Waals surface area contributed by atoms with Crippen LogP contribution in [0.1, 0.15) is 0 Å². The fraction of sp³-hybridized carbons (Fsp3) is 0.364. The number of rotatable bonds is 5. The van der Waals surface area contributed by atoms with Crippen LogP contribution in [0, 0.1) is 0 Å². The molecule has 0 spiro atoms. The van der Waals surface area contributed by atoms with Gasteiger partial charge in [-0.2, -0.15) is 0 Å². The maximum absolute atomic E-state index is 11.4. The molecule has 0 aromatic heterocycles. The molecule has 16 heavy (non-hydrogen) atoms. The zero-order valence-electron chi connectivity index (χ0n) is 9.05. The second kappa shape index (κ2) is 6.81. The van der Waals surface area contributed by atoms with E-state index in [1.54, 1.807) is 24.3 Å². The molecule has 0 radical (unpaired) electrons. The van der Waals surface area contributed by atoms with Gasteiger partial charge in [0.05, 0.1) is 19.3 Å². The molecule has 0 aliphatic heterocycles. The van der Waals surface area contributed by atoms with E-state index >= 15 is 0 Å². The van der Waals surface area contributed by atoms with Gasteiger partial charge in [0.2, 0.25) is 0 Å². The summed E-state index contributed by atoms with van der Waals surface area (Å²) in [6.07, 6.45) is -0.609. The van der Waals surface area contributed by atoms with Crippen LogP contribution < -0.4 is 10.1 Å². The van der Waals surface area contributed by atoms with Gasteiger partial charge in [-0.1, -0.05) is 18.2 Å². The van der Waals surface area contributed by atoms with Gasteiger partial charge < -0.3 is 19.9 Å². The zero-order valence-corrected chi connectivity index (χ0v) is 9.05. The van der Waals surface area contributed by atoms with Crippen LogP contribution in [0.5, 0.6) is 5.75 Å². The average Bonchev–Trinajstić information content (AvgIpc) is 2.29. The zero-order chi connectivity index (χ0) is 11.8. The van der Waals surface area contributed by atoms with E-state index in [0.717, 1.165) is 0 Å². The number of aliphatic hydroxyl groups excluding tert-OH is 1. The largest absolute Gasteiger partial charge is 0.412 e. The van der Waals surface area contributed by atoms with Crippen LogP contribution >= 0.6 is 0 Å². The van der Waals surface area contributed by atoms with Gasteiger partial charge in [-0.15, -0.1) is 0 Å². The van der Waals surface area contributed by atoms with Crippen molar-refractivity contribution >= 4 is 6.09 Å². The molecule has 1 atom stereocenters. The Morgan fingerprint density at radius 2 is 2.12 bits per heavy atom. The summed E-state index contributed by atoms with van der Waals surface area (Å²) in [5.74, 6) is 0.453. The highest BCUT2D eigenvalue weighted by molar-refractivity contribution is 5.70. The molecule has 0 aliphatic rings. The molecule has 1 aromatic carbocycles. The smallest absolute Gasteiger partial charge is 0.410 e. The van der Waals surface area contributed by atoms with Gasteiger partial charge in [0, 0.05) is 7.11 Å².